The molecule has 2 aromatic rings. The number of amides is 1. The van der Waals surface area contributed by atoms with Gasteiger partial charge >= 0.3 is 0 Å². The van der Waals surface area contributed by atoms with Gasteiger partial charge in [0.2, 0.25) is 15.9 Å². The van der Waals surface area contributed by atoms with E-state index in [1.54, 1.807) is 13.8 Å². The Morgan fingerprint density at radius 3 is 2.73 bits per heavy atom. The van der Waals surface area contributed by atoms with Gasteiger partial charge in [-0.1, -0.05) is 30.3 Å². The number of para-hydroxylation sites is 1. The van der Waals surface area contributed by atoms with E-state index in [-0.39, 0.29) is 16.6 Å². The van der Waals surface area contributed by atoms with E-state index in [1.807, 2.05) is 31.2 Å². The highest BCUT2D eigenvalue weighted by Crippen LogP contribution is 2.30. The molecule has 1 aliphatic heterocycles. The summed E-state index contributed by atoms with van der Waals surface area (Å²) in [4.78, 5) is 12.9. The Morgan fingerprint density at radius 2 is 2.08 bits per heavy atom. The van der Waals surface area contributed by atoms with Crippen molar-refractivity contribution in [3.05, 3.63) is 41.3 Å². The molecule has 0 aliphatic carbocycles. The third kappa shape index (κ3) is 3.26. The van der Waals surface area contributed by atoms with E-state index in [0.717, 1.165) is 17.7 Å². The van der Waals surface area contributed by atoms with Gasteiger partial charge in [0.25, 0.3) is 0 Å². The van der Waals surface area contributed by atoms with Crippen molar-refractivity contribution < 1.29 is 17.7 Å². The van der Waals surface area contributed by atoms with Crippen LogP contribution in [0.2, 0.25) is 0 Å². The fourth-order valence-corrected chi connectivity index (χ4v) is 5.37. The van der Waals surface area contributed by atoms with Crippen molar-refractivity contribution >= 4 is 21.6 Å². The lowest BCUT2D eigenvalue weighted by atomic mass is 10.1. The fraction of sp³-hybridized carbons (Fsp3) is 0.444. The number of aryl methyl sites for hydroxylation is 3. The van der Waals surface area contributed by atoms with E-state index in [4.69, 9.17) is 4.52 Å². The second-order valence-corrected chi connectivity index (χ2v) is 8.25. The number of hydrogen-bond donors (Lipinski definition) is 1. The van der Waals surface area contributed by atoms with Gasteiger partial charge in [-0.25, -0.2) is 8.42 Å². The molecule has 7 nitrogen and oxygen atoms in total. The molecule has 1 atom stereocenters. The number of benzene rings is 1. The minimum Gasteiger partial charge on any atom is -0.360 e. The van der Waals surface area contributed by atoms with Crippen LogP contribution in [-0.4, -0.2) is 36.4 Å². The normalized spacial score (nSPS) is 18.2. The molecule has 140 valence electrons. The van der Waals surface area contributed by atoms with E-state index in [9.17, 15) is 13.2 Å². The second kappa shape index (κ2) is 7.20. The number of anilines is 1. The minimum atomic E-state index is -3.84. The molecule has 1 saturated heterocycles. The molecular weight excluding hydrogens is 354 g/mol. The fourth-order valence-electron chi connectivity index (χ4n) is 3.42. The summed E-state index contributed by atoms with van der Waals surface area (Å²) in [6, 6.07) is 6.81. The molecule has 1 aromatic heterocycles. The zero-order valence-corrected chi connectivity index (χ0v) is 16.0. The van der Waals surface area contributed by atoms with Crippen molar-refractivity contribution in [2.45, 2.75) is 51.0 Å². The van der Waals surface area contributed by atoms with Gasteiger partial charge in [0, 0.05) is 12.2 Å². The number of carbonyl (C=O) groups excluding carboxylic acids is 1. The molecule has 1 N–H and O–H groups in total. The highest BCUT2D eigenvalue weighted by molar-refractivity contribution is 7.89. The first kappa shape index (κ1) is 18.6. The smallest absolute Gasteiger partial charge is 0.249 e. The molecule has 8 heteroatoms. The first-order chi connectivity index (χ1) is 12.4. The topological polar surface area (TPSA) is 92.5 Å². The average molecular weight is 377 g/mol. The van der Waals surface area contributed by atoms with Crippen LogP contribution < -0.4 is 5.32 Å². The molecule has 0 spiro atoms. The molecular formula is C18H23N3O4S. The molecule has 1 fully saturated rings. The summed E-state index contributed by atoms with van der Waals surface area (Å²) in [5.41, 5.74) is 2.05. The van der Waals surface area contributed by atoms with Crippen LogP contribution in [0.25, 0.3) is 0 Å². The Hall–Kier alpha value is -2.19. The summed E-state index contributed by atoms with van der Waals surface area (Å²) < 4.78 is 32.4. The van der Waals surface area contributed by atoms with E-state index in [1.165, 1.54) is 4.31 Å². The van der Waals surface area contributed by atoms with E-state index in [0.29, 0.717) is 25.1 Å². The van der Waals surface area contributed by atoms with Crippen LogP contribution >= 0.6 is 0 Å². The molecule has 0 radical (unpaired) electrons. The van der Waals surface area contributed by atoms with Gasteiger partial charge in [0.1, 0.15) is 16.6 Å². The highest BCUT2D eigenvalue weighted by Gasteiger charge is 2.41. The molecule has 2 heterocycles. The maximum Gasteiger partial charge on any atom is 0.249 e. The van der Waals surface area contributed by atoms with Gasteiger partial charge in [-0.15, -0.1) is 0 Å². The predicted octanol–water partition coefficient (Wildman–Crippen LogP) is 2.65. The van der Waals surface area contributed by atoms with Crippen molar-refractivity contribution in [3.8, 4) is 0 Å². The lowest BCUT2D eigenvalue weighted by molar-refractivity contribution is -0.119. The molecule has 1 aliphatic rings. The number of carbonyl (C=O) groups is 1. The molecule has 1 amide bonds. The number of hydrogen-bond acceptors (Lipinski definition) is 5. The van der Waals surface area contributed by atoms with Crippen LogP contribution in [0.4, 0.5) is 5.69 Å². The molecule has 0 unspecified atom stereocenters. The molecule has 1 aromatic carbocycles. The first-order valence-electron chi connectivity index (χ1n) is 8.69. The van der Waals surface area contributed by atoms with Gasteiger partial charge in [0.05, 0.1) is 0 Å². The quantitative estimate of drug-likeness (QED) is 0.865. The van der Waals surface area contributed by atoms with Crippen molar-refractivity contribution in [3.63, 3.8) is 0 Å². The van der Waals surface area contributed by atoms with Crippen LogP contribution in [0.3, 0.4) is 0 Å². The maximum atomic E-state index is 13.1. The summed E-state index contributed by atoms with van der Waals surface area (Å²) in [6.45, 7) is 5.47. The Bertz CT molecular complexity index is 901. The Balaban J connectivity index is 1.87. The monoisotopic (exact) mass is 377 g/mol. The number of nitrogens with zero attached hydrogens (tertiary/aromatic N) is 2. The third-order valence-electron chi connectivity index (χ3n) is 4.70. The molecule has 0 bridgehead atoms. The predicted molar refractivity (Wildman–Crippen MR) is 97.3 cm³/mol. The standard InChI is InChI=1S/C18H23N3O4S/c1-4-14-8-5-6-9-15(14)19-18(22)16-10-7-11-21(16)26(23,24)17-12(2)20-25-13(17)3/h5-6,8-9,16H,4,7,10-11H2,1-3H3,(H,19,22)/t16-/m1/s1. The Morgan fingerprint density at radius 1 is 1.35 bits per heavy atom. The first-order valence-corrected chi connectivity index (χ1v) is 10.1. The van der Waals surface area contributed by atoms with Gasteiger partial charge in [0.15, 0.2) is 5.76 Å². The van der Waals surface area contributed by atoms with Crippen molar-refractivity contribution in [1.82, 2.24) is 9.46 Å². The van der Waals surface area contributed by atoms with Crippen LogP contribution in [0, 0.1) is 13.8 Å². The van der Waals surface area contributed by atoms with E-state index in [2.05, 4.69) is 10.5 Å². The number of rotatable bonds is 5. The Kier molecular flexibility index (Phi) is 5.15. The van der Waals surface area contributed by atoms with Gasteiger partial charge in [-0.05, 0) is 44.7 Å². The van der Waals surface area contributed by atoms with Gasteiger partial charge in [-0.3, -0.25) is 4.79 Å². The van der Waals surface area contributed by atoms with Crippen LogP contribution in [0.5, 0.6) is 0 Å². The second-order valence-electron chi connectivity index (χ2n) is 6.43. The maximum absolute atomic E-state index is 13.1. The Labute approximate surface area is 153 Å². The summed E-state index contributed by atoms with van der Waals surface area (Å²) in [7, 11) is -3.84. The van der Waals surface area contributed by atoms with Crippen LogP contribution in [0.1, 0.15) is 36.8 Å². The SMILES string of the molecule is CCc1ccccc1NC(=O)[C@H]1CCCN1S(=O)(=O)c1c(C)noc1C. The van der Waals surface area contributed by atoms with Crippen molar-refractivity contribution in [1.29, 1.82) is 0 Å². The molecule has 3 rings (SSSR count). The van der Waals surface area contributed by atoms with Crippen LogP contribution in [-0.2, 0) is 21.2 Å². The van der Waals surface area contributed by atoms with Crippen LogP contribution in [0.15, 0.2) is 33.7 Å². The number of nitrogens with one attached hydrogen (secondary N) is 1. The van der Waals surface area contributed by atoms with Crippen molar-refractivity contribution in [2.24, 2.45) is 0 Å². The van der Waals surface area contributed by atoms with E-state index >= 15 is 0 Å². The zero-order valence-electron chi connectivity index (χ0n) is 15.2. The summed E-state index contributed by atoms with van der Waals surface area (Å²) in [6.07, 6.45) is 1.90. The summed E-state index contributed by atoms with van der Waals surface area (Å²) in [5, 5.41) is 6.63. The van der Waals surface area contributed by atoms with Crippen molar-refractivity contribution in [2.75, 3.05) is 11.9 Å². The minimum absolute atomic E-state index is 0.0613. The zero-order chi connectivity index (χ0) is 18.9. The lowest BCUT2D eigenvalue weighted by Gasteiger charge is -2.23. The van der Waals surface area contributed by atoms with E-state index < -0.39 is 16.1 Å². The highest BCUT2D eigenvalue weighted by atomic mass is 32.2. The number of aromatic nitrogens is 1. The molecule has 26 heavy (non-hydrogen) atoms. The number of sulfonamides is 1. The summed E-state index contributed by atoms with van der Waals surface area (Å²) in [5.74, 6) is -0.0661. The largest absolute Gasteiger partial charge is 0.360 e. The average Bonchev–Trinajstić information content (AvgIpc) is 3.23. The summed E-state index contributed by atoms with van der Waals surface area (Å²) >= 11 is 0. The van der Waals surface area contributed by atoms with Gasteiger partial charge < -0.3 is 9.84 Å². The molecule has 0 saturated carbocycles. The lowest BCUT2D eigenvalue weighted by Crippen LogP contribution is -2.43. The van der Waals surface area contributed by atoms with Gasteiger partial charge in [-0.2, -0.15) is 4.31 Å². The third-order valence-corrected chi connectivity index (χ3v) is 6.85.